The second-order valence-corrected chi connectivity index (χ2v) is 7.11. The minimum atomic E-state index is -1.05. The second-order valence-electron chi connectivity index (χ2n) is 7.11. The number of fused-ring (bicyclic) bond motifs is 3. The fourth-order valence-corrected chi connectivity index (χ4v) is 3.61. The summed E-state index contributed by atoms with van der Waals surface area (Å²) in [7, 11) is 2.75. The Bertz CT molecular complexity index is 1390. The fourth-order valence-electron chi connectivity index (χ4n) is 3.61. The third-order valence-electron chi connectivity index (χ3n) is 5.20. The van der Waals surface area contributed by atoms with E-state index < -0.39 is 23.3 Å². The molecule has 9 heteroatoms. The van der Waals surface area contributed by atoms with Gasteiger partial charge in [0.15, 0.2) is 11.2 Å². The molecular weight excluding hydrogens is 374 g/mol. The van der Waals surface area contributed by atoms with Crippen LogP contribution in [0.1, 0.15) is 24.2 Å². The van der Waals surface area contributed by atoms with E-state index in [2.05, 4.69) is 4.98 Å². The van der Waals surface area contributed by atoms with Crippen molar-refractivity contribution in [2.24, 2.45) is 7.05 Å². The maximum absolute atomic E-state index is 13.2. The van der Waals surface area contributed by atoms with Crippen LogP contribution in [0, 0.1) is 13.8 Å². The van der Waals surface area contributed by atoms with Crippen LogP contribution < -0.4 is 11.2 Å². The van der Waals surface area contributed by atoms with Gasteiger partial charge in [0.25, 0.3) is 5.56 Å². The molecule has 0 N–H and O–H groups in total. The van der Waals surface area contributed by atoms with Crippen molar-refractivity contribution in [3.63, 3.8) is 0 Å². The summed E-state index contributed by atoms with van der Waals surface area (Å²) in [6, 6.07) is 6.88. The van der Waals surface area contributed by atoms with E-state index in [1.165, 1.54) is 25.6 Å². The number of esters is 1. The lowest BCUT2D eigenvalue weighted by Crippen LogP contribution is -2.43. The first-order chi connectivity index (χ1) is 13.8. The molecule has 0 aliphatic carbocycles. The zero-order valence-electron chi connectivity index (χ0n) is 16.8. The van der Waals surface area contributed by atoms with Gasteiger partial charge in [-0.2, -0.15) is 4.98 Å². The molecule has 0 saturated heterocycles. The number of ether oxygens (including phenoxy) is 1. The zero-order valence-corrected chi connectivity index (χ0v) is 16.8. The minimum Gasteiger partial charge on any atom is -0.467 e. The van der Waals surface area contributed by atoms with Crippen LogP contribution in [0.5, 0.6) is 0 Å². The lowest BCUT2D eigenvalue weighted by molar-refractivity contribution is -0.144. The van der Waals surface area contributed by atoms with E-state index in [1.54, 1.807) is 10.6 Å². The van der Waals surface area contributed by atoms with Crippen LogP contribution in [0.2, 0.25) is 0 Å². The Hall–Kier alpha value is -3.62. The van der Waals surface area contributed by atoms with Gasteiger partial charge in [-0.05, 0) is 32.9 Å². The zero-order chi connectivity index (χ0) is 21.0. The van der Waals surface area contributed by atoms with E-state index in [4.69, 9.17) is 4.74 Å². The van der Waals surface area contributed by atoms with Gasteiger partial charge in [0.05, 0.1) is 7.11 Å². The summed E-state index contributed by atoms with van der Waals surface area (Å²) in [5, 5.41) is 0. The number of carbonyl (C=O) groups is 1. The van der Waals surface area contributed by atoms with Gasteiger partial charge in [-0.15, -0.1) is 0 Å². The summed E-state index contributed by atoms with van der Waals surface area (Å²) in [4.78, 5) is 42.6. The number of aromatic nitrogens is 5. The smallest absolute Gasteiger partial charge is 0.333 e. The quantitative estimate of drug-likeness (QED) is 0.490. The molecule has 4 rings (SSSR count). The molecule has 29 heavy (non-hydrogen) atoms. The lowest BCUT2D eigenvalue weighted by Gasteiger charge is -2.13. The monoisotopic (exact) mass is 395 g/mol. The first-order valence-electron chi connectivity index (χ1n) is 9.12. The molecule has 1 atom stereocenters. The van der Waals surface area contributed by atoms with Crippen molar-refractivity contribution in [2.45, 2.75) is 26.8 Å². The Kier molecular flexibility index (Phi) is 4.18. The molecule has 0 radical (unpaired) electrons. The van der Waals surface area contributed by atoms with Crippen molar-refractivity contribution >= 4 is 22.9 Å². The highest BCUT2D eigenvalue weighted by Gasteiger charge is 2.26. The molecule has 0 spiro atoms. The van der Waals surface area contributed by atoms with Gasteiger partial charge in [-0.1, -0.05) is 17.7 Å². The molecule has 0 unspecified atom stereocenters. The van der Waals surface area contributed by atoms with Crippen molar-refractivity contribution in [3.05, 3.63) is 62.6 Å². The Morgan fingerprint density at radius 1 is 1.14 bits per heavy atom. The number of imidazole rings is 2. The molecule has 0 amide bonds. The summed E-state index contributed by atoms with van der Waals surface area (Å²) in [6.45, 7) is 5.38. The van der Waals surface area contributed by atoms with Gasteiger partial charge in [-0.3, -0.25) is 18.3 Å². The average molecular weight is 395 g/mol. The average Bonchev–Trinajstić information content (AvgIpc) is 3.21. The molecule has 4 aromatic rings. The number of methoxy groups -OCH3 is 1. The maximum atomic E-state index is 13.2. The van der Waals surface area contributed by atoms with Gasteiger partial charge < -0.3 is 4.74 Å². The number of hydrogen-bond acceptors (Lipinski definition) is 5. The van der Waals surface area contributed by atoms with Crippen LogP contribution >= 0.6 is 0 Å². The number of nitrogens with zero attached hydrogens (tertiary/aromatic N) is 5. The van der Waals surface area contributed by atoms with Gasteiger partial charge in [0.1, 0.15) is 6.04 Å². The predicted molar refractivity (Wildman–Crippen MR) is 108 cm³/mol. The lowest BCUT2D eigenvalue weighted by atomic mass is 10.2. The molecule has 0 fully saturated rings. The highest BCUT2D eigenvalue weighted by molar-refractivity contribution is 5.78. The van der Waals surface area contributed by atoms with Crippen molar-refractivity contribution in [1.82, 2.24) is 23.1 Å². The molecule has 9 nitrogen and oxygen atoms in total. The Labute approximate surface area is 165 Å². The minimum absolute atomic E-state index is 0.229. The first-order valence-corrected chi connectivity index (χ1v) is 9.12. The predicted octanol–water partition coefficient (Wildman–Crippen LogP) is 1.49. The van der Waals surface area contributed by atoms with Crippen LogP contribution in [-0.2, 0) is 16.6 Å². The van der Waals surface area contributed by atoms with E-state index in [0.29, 0.717) is 5.78 Å². The number of rotatable bonds is 3. The summed E-state index contributed by atoms with van der Waals surface area (Å²) >= 11 is 0. The fraction of sp³-hybridized carbons (Fsp3) is 0.300. The van der Waals surface area contributed by atoms with E-state index in [1.807, 2.05) is 42.7 Å². The summed E-state index contributed by atoms with van der Waals surface area (Å²) in [5.74, 6) is -0.158. The molecular formula is C20H21N5O4. The maximum Gasteiger partial charge on any atom is 0.333 e. The Morgan fingerprint density at radius 2 is 1.79 bits per heavy atom. The molecule has 3 aromatic heterocycles. The molecule has 3 heterocycles. The molecule has 150 valence electrons. The third kappa shape index (κ3) is 2.61. The molecule has 0 saturated carbocycles. The van der Waals surface area contributed by atoms with Crippen LogP contribution in [0.3, 0.4) is 0 Å². The highest BCUT2D eigenvalue weighted by Crippen LogP contribution is 2.21. The van der Waals surface area contributed by atoms with Gasteiger partial charge in [0.2, 0.25) is 5.78 Å². The van der Waals surface area contributed by atoms with Gasteiger partial charge in [0, 0.05) is 24.6 Å². The van der Waals surface area contributed by atoms with E-state index in [0.717, 1.165) is 21.5 Å². The van der Waals surface area contributed by atoms with E-state index >= 15 is 0 Å². The standard InChI is InChI=1S/C20H21N5O4/c1-11-6-8-14(9-7-11)24-12(2)10-23-15-16(21-19(23)24)22(4)20(28)25(17(15)26)13(3)18(27)29-5/h6-10,13H,1-5H3/t13-/m1/s1. The van der Waals surface area contributed by atoms with E-state index in [-0.39, 0.29) is 11.2 Å². The Balaban J connectivity index is 2.10. The second kappa shape index (κ2) is 6.47. The third-order valence-corrected chi connectivity index (χ3v) is 5.20. The van der Waals surface area contributed by atoms with Crippen LogP contribution in [-0.4, -0.2) is 36.2 Å². The SMILES string of the molecule is COC(=O)[C@@H](C)n1c(=O)c2c(nc3n(-c4ccc(C)cc4)c(C)cn23)n(C)c1=O. The molecule has 0 bridgehead atoms. The van der Waals surface area contributed by atoms with Crippen molar-refractivity contribution in [2.75, 3.05) is 7.11 Å². The number of aryl methyl sites for hydroxylation is 3. The van der Waals surface area contributed by atoms with Crippen LogP contribution in [0.25, 0.3) is 22.6 Å². The normalized spacial score (nSPS) is 12.6. The number of carbonyl (C=O) groups excluding carboxylic acids is 1. The summed E-state index contributed by atoms with van der Waals surface area (Å²) in [5.41, 5.74) is 2.17. The number of hydrogen-bond donors (Lipinski definition) is 0. The van der Waals surface area contributed by atoms with Crippen molar-refractivity contribution in [1.29, 1.82) is 0 Å². The Morgan fingerprint density at radius 3 is 2.41 bits per heavy atom. The summed E-state index contributed by atoms with van der Waals surface area (Å²) < 4.78 is 10.5. The topological polar surface area (TPSA) is 92.5 Å². The largest absolute Gasteiger partial charge is 0.467 e. The first kappa shape index (κ1) is 18.7. The molecule has 0 aliphatic rings. The van der Waals surface area contributed by atoms with Gasteiger partial charge in [-0.25, -0.2) is 14.2 Å². The summed E-state index contributed by atoms with van der Waals surface area (Å²) in [6.07, 6.45) is 1.80. The molecule has 0 aliphatic heterocycles. The van der Waals surface area contributed by atoms with Crippen LogP contribution in [0.4, 0.5) is 0 Å². The van der Waals surface area contributed by atoms with Crippen molar-refractivity contribution in [3.8, 4) is 5.69 Å². The molecule has 1 aromatic carbocycles. The number of benzene rings is 1. The van der Waals surface area contributed by atoms with Crippen LogP contribution in [0.15, 0.2) is 40.1 Å². The van der Waals surface area contributed by atoms with Crippen molar-refractivity contribution < 1.29 is 9.53 Å². The van der Waals surface area contributed by atoms with Gasteiger partial charge >= 0.3 is 11.7 Å². The van der Waals surface area contributed by atoms with E-state index in [9.17, 15) is 14.4 Å². The highest BCUT2D eigenvalue weighted by atomic mass is 16.5.